The van der Waals surface area contributed by atoms with Gasteiger partial charge >= 0.3 is 0 Å². The van der Waals surface area contributed by atoms with Gasteiger partial charge in [-0.05, 0) is 48.2 Å². The van der Waals surface area contributed by atoms with Gasteiger partial charge in [0.2, 0.25) is 0 Å². The highest BCUT2D eigenvalue weighted by molar-refractivity contribution is 9.11. The molecule has 0 saturated heterocycles. The minimum Gasteiger partial charge on any atom is -0.0840 e. The van der Waals surface area contributed by atoms with Gasteiger partial charge in [-0.25, -0.2) is 0 Å². The molecular weight excluding hydrogens is 375 g/mol. The first-order chi connectivity index (χ1) is 8.50. The van der Waals surface area contributed by atoms with E-state index < -0.39 is 0 Å². The van der Waals surface area contributed by atoms with E-state index in [-0.39, 0.29) is 4.83 Å². The largest absolute Gasteiger partial charge is 0.0840 e. The van der Waals surface area contributed by atoms with Crippen molar-refractivity contribution in [3.63, 3.8) is 0 Å². The highest BCUT2D eigenvalue weighted by Gasteiger charge is 2.16. The first-order valence-electron chi connectivity index (χ1n) is 5.66. The molecule has 18 heavy (non-hydrogen) atoms. The number of aryl methyl sites for hydroxylation is 2. The second-order valence-electron chi connectivity index (χ2n) is 4.34. The van der Waals surface area contributed by atoms with Crippen molar-refractivity contribution in [3.8, 4) is 0 Å². The van der Waals surface area contributed by atoms with Crippen molar-refractivity contribution in [2.24, 2.45) is 0 Å². The minimum absolute atomic E-state index is 0.0971. The molecule has 0 nitrogen and oxygen atoms in total. The van der Waals surface area contributed by atoms with E-state index in [0.717, 1.165) is 15.1 Å². The molecule has 0 aliphatic rings. The van der Waals surface area contributed by atoms with Crippen molar-refractivity contribution in [2.45, 2.75) is 18.7 Å². The highest BCUT2D eigenvalue weighted by Crippen LogP contribution is 2.39. The monoisotopic (exact) mass is 386 g/mol. The third kappa shape index (κ3) is 2.81. The van der Waals surface area contributed by atoms with Crippen molar-refractivity contribution >= 4 is 43.5 Å². The molecule has 0 saturated carbocycles. The summed E-state index contributed by atoms with van der Waals surface area (Å²) in [5.74, 6) is 0. The molecule has 0 spiro atoms. The zero-order valence-corrected chi connectivity index (χ0v) is 14.1. The molecule has 0 bridgehead atoms. The van der Waals surface area contributed by atoms with Gasteiger partial charge in [0.1, 0.15) is 0 Å². The fourth-order valence-corrected chi connectivity index (χ4v) is 3.90. The Bertz CT molecular complexity index is 579. The third-order valence-electron chi connectivity index (χ3n) is 3.06. The summed E-state index contributed by atoms with van der Waals surface area (Å²) in [4.78, 5) is 0.0971. The number of benzene rings is 2. The number of hydrogen-bond donors (Lipinski definition) is 0. The van der Waals surface area contributed by atoms with Crippen LogP contribution in [0.15, 0.2) is 40.9 Å². The van der Waals surface area contributed by atoms with Gasteiger partial charge in [0.25, 0.3) is 0 Å². The third-order valence-corrected chi connectivity index (χ3v) is 5.10. The molecule has 0 aliphatic carbocycles. The average Bonchev–Trinajstić information content (AvgIpc) is 2.33. The minimum atomic E-state index is 0.0971. The van der Waals surface area contributed by atoms with Gasteiger partial charge in [-0.15, -0.1) is 0 Å². The summed E-state index contributed by atoms with van der Waals surface area (Å²) in [6.45, 7) is 4.18. The maximum Gasteiger partial charge on any atom is 0.0670 e. The van der Waals surface area contributed by atoms with Crippen LogP contribution in [-0.2, 0) is 0 Å². The van der Waals surface area contributed by atoms with Crippen LogP contribution in [0.25, 0.3) is 0 Å². The van der Waals surface area contributed by atoms with E-state index in [4.69, 9.17) is 11.6 Å². The summed E-state index contributed by atoms with van der Waals surface area (Å²) in [6, 6.07) is 12.3. The van der Waals surface area contributed by atoms with Gasteiger partial charge in [0.15, 0.2) is 0 Å². The SMILES string of the molecule is Cc1cc(Cl)c(C(Br)c2ccccc2Br)cc1C. The van der Waals surface area contributed by atoms with Crippen LogP contribution in [-0.4, -0.2) is 0 Å². The second kappa shape index (κ2) is 5.77. The smallest absolute Gasteiger partial charge is 0.0670 e. The first kappa shape index (κ1) is 14.1. The Labute approximate surface area is 130 Å². The zero-order valence-electron chi connectivity index (χ0n) is 10.2. The van der Waals surface area contributed by atoms with Gasteiger partial charge in [0, 0.05) is 9.50 Å². The van der Waals surface area contributed by atoms with Crippen LogP contribution in [0.2, 0.25) is 5.02 Å². The lowest BCUT2D eigenvalue weighted by Crippen LogP contribution is -1.97. The number of rotatable bonds is 2. The molecule has 2 rings (SSSR count). The second-order valence-corrected chi connectivity index (χ2v) is 6.52. The van der Waals surface area contributed by atoms with Crippen molar-refractivity contribution < 1.29 is 0 Å². The molecule has 0 aromatic heterocycles. The predicted octanol–water partition coefficient (Wildman–Crippen LogP) is 6.20. The summed E-state index contributed by atoms with van der Waals surface area (Å²) in [6.07, 6.45) is 0. The topological polar surface area (TPSA) is 0 Å². The Balaban J connectivity index is 2.50. The van der Waals surface area contributed by atoms with Gasteiger partial charge in [-0.3, -0.25) is 0 Å². The summed E-state index contributed by atoms with van der Waals surface area (Å²) >= 11 is 13.7. The Morgan fingerprint density at radius 2 is 1.61 bits per heavy atom. The molecule has 0 heterocycles. The molecule has 94 valence electrons. The molecule has 0 radical (unpaired) electrons. The molecule has 2 aromatic rings. The Hall–Kier alpha value is -0.310. The normalized spacial score (nSPS) is 12.5. The van der Waals surface area contributed by atoms with E-state index >= 15 is 0 Å². The molecule has 0 fully saturated rings. The van der Waals surface area contributed by atoms with Crippen LogP contribution in [0.3, 0.4) is 0 Å². The van der Waals surface area contributed by atoms with Crippen LogP contribution in [0, 0.1) is 13.8 Å². The molecule has 3 heteroatoms. The van der Waals surface area contributed by atoms with Gasteiger partial charge < -0.3 is 0 Å². The van der Waals surface area contributed by atoms with Crippen LogP contribution >= 0.6 is 43.5 Å². The van der Waals surface area contributed by atoms with E-state index in [1.54, 1.807) is 0 Å². The Kier molecular flexibility index (Phi) is 4.52. The van der Waals surface area contributed by atoms with Gasteiger partial charge in [-0.2, -0.15) is 0 Å². The molecule has 2 aromatic carbocycles. The maximum absolute atomic E-state index is 6.35. The van der Waals surface area contributed by atoms with Crippen LogP contribution < -0.4 is 0 Å². The fourth-order valence-electron chi connectivity index (χ4n) is 1.85. The van der Waals surface area contributed by atoms with Crippen LogP contribution in [0.4, 0.5) is 0 Å². The summed E-state index contributed by atoms with van der Waals surface area (Å²) < 4.78 is 1.08. The summed E-state index contributed by atoms with van der Waals surface area (Å²) in [5.41, 5.74) is 4.76. The highest BCUT2D eigenvalue weighted by atomic mass is 79.9. The number of alkyl halides is 1. The van der Waals surface area contributed by atoms with E-state index in [2.05, 4.69) is 57.8 Å². The lowest BCUT2D eigenvalue weighted by molar-refractivity contribution is 1.14. The van der Waals surface area contributed by atoms with Crippen molar-refractivity contribution in [2.75, 3.05) is 0 Å². The zero-order chi connectivity index (χ0) is 13.3. The van der Waals surface area contributed by atoms with Crippen LogP contribution in [0.1, 0.15) is 27.1 Å². The summed E-state index contributed by atoms with van der Waals surface area (Å²) in [7, 11) is 0. The Morgan fingerprint density at radius 1 is 1.00 bits per heavy atom. The van der Waals surface area contributed by atoms with Crippen molar-refractivity contribution in [1.29, 1.82) is 0 Å². The maximum atomic E-state index is 6.35. The van der Waals surface area contributed by atoms with E-state index in [1.165, 1.54) is 16.7 Å². The lowest BCUT2D eigenvalue weighted by atomic mass is 10.0. The molecule has 1 unspecified atom stereocenters. The first-order valence-corrected chi connectivity index (χ1v) is 7.74. The van der Waals surface area contributed by atoms with E-state index in [9.17, 15) is 0 Å². The molecule has 0 N–H and O–H groups in total. The van der Waals surface area contributed by atoms with Gasteiger partial charge in [0.05, 0.1) is 4.83 Å². The molecular formula is C15H13Br2Cl. The molecule has 0 aliphatic heterocycles. The fraction of sp³-hybridized carbons (Fsp3) is 0.200. The number of halogens is 3. The van der Waals surface area contributed by atoms with Crippen molar-refractivity contribution in [3.05, 3.63) is 68.1 Å². The standard InChI is InChI=1S/C15H13Br2Cl/c1-9-7-12(14(18)8-10(9)2)15(17)11-5-3-4-6-13(11)16/h3-8,15H,1-2H3. The van der Waals surface area contributed by atoms with Crippen molar-refractivity contribution in [1.82, 2.24) is 0 Å². The van der Waals surface area contributed by atoms with E-state index in [0.29, 0.717) is 0 Å². The molecule has 1 atom stereocenters. The molecule has 0 amide bonds. The van der Waals surface area contributed by atoms with E-state index in [1.807, 2.05) is 24.3 Å². The lowest BCUT2D eigenvalue weighted by Gasteiger charge is -2.16. The Morgan fingerprint density at radius 3 is 2.28 bits per heavy atom. The predicted molar refractivity (Wildman–Crippen MR) is 85.8 cm³/mol. The quantitative estimate of drug-likeness (QED) is 0.537. The van der Waals surface area contributed by atoms with Crippen LogP contribution in [0.5, 0.6) is 0 Å². The average molecular weight is 389 g/mol. The van der Waals surface area contributed by atoms with Gasteiger partial charge in [-0.1, -0.05) is 67.7 Å². The summed E-state index contributed by atoms with van der Waals surface area (Å²) in [5, 5.41) is 0.802. The number of hydrogen-bond acceptors (Lipinski definition) is 0.